The molecule has 0 bridgehead atoms. The zero-order valence-electron chi connectivity index (χ0n) is 5.58. The number of halogens is 1. The summed E-state index contributed by atoms with van der Waals surface area (Å²) in [4.78, 5) is 3.98. The highest BCUT2D eigenvalue weighted by Gasteiger charge is 1.99. The molecule has 0 aliphatic carbocycles. The number of aromatic nitrogens is 1. The van der Waals surface area contributed by atoms with Crippen molar-refractivity contribution in [3.63, 3.8) is 0 Å². The van der Waals surface area contributed by atoms with Gasteiger partial charge in [-0.25, -0.2) is 0 Å². The van der Waals surface area contributed by atoms with Crippen LogP contribution in [0, 0.1) is 0 Å². The number of rotatable bonds is 1. The normalized spacial score (nSPS) is 13.1. The first-order valence-corrected chi connectivity index (χ1v) is 3.79. The number of nitrogens with zero attached hydrogens (tertiary/aromatic N) is 1. The SMILES string of the molecule is C[C@@H](O)c1ccc(Br)cn1. The quantitative estimate of drug-likeness (QED) is 0.754. The molecule has 0 radical (unpaired) electrons. The average molecular weight is 202 g/mol. The van der Waals surface area contributed by atoms with Crippen molar-refractivity contribution in [1.29, 1.82) is 0 Å². The zero-order chi connectivity index (χ0) is 7.56. The molecule has 0 unspecified atom stereocenters. The van der Waals surface area contributed by atoms with Gasteiger partial charge in [0.2, 0.25) is 0 Å². The lowest BCUT2D eigenvalue weighted by Gasteiger charge is -2.01. The van der Waals surface area contributed by atoms with E-state index >= 15 is 0 Å². The van der Waals surface area contributed by atoms with Crippen molar-refractivity contribution in [1.82, 2.24) is 4.98 Å². The van der Waals surface area contributed by atoms with Gasteiger partial charge >= 0.3 is 0 Å². The molecule has 3 heteroatoms. The van der Waals surface area contributed by atoms with Gasteiger partial charge in [-0.05, 0) is 35.0 Å². The van der Waals surface area contributed by atoms with Gasteiger partial charge in [-0.3, -0.25) is 4.98 Å². The number of aliphatic hydroxyl groups excluding tert-OH is 1. The van der Waals surface area contributed by atoms with Crippen LogP contribution in [-0.4, -0.2) is 10.1 Å². The van der Waals surface area contributed by atoms with Gasteiger partial charge in [-0.15, -0.1) is 0 Å². The van der Waals surface area contributed by atoms with Crippen LogP contribution in [0.1, 0.15) is 18.7 Å². The molecule has 0 spiro atoms. The van der Waals surface area contributed by atoms with E-state index in [1.807, 2.05) is 6.07 Å². The Hall–Kier alpha value is -0.410. The van der Waals surface area contributed by atoms with Crippen LogP contribution in [0.15, 0.2) is 22.8 Å². The maximum Gasteiger partial charge on any atom is 0.0931 e. The molecule has 0 aliphatic heterocycles. The van der Waals surface area contributed by atoms with Gasteiger partial charge in [0.1, 0.15) is 0 Å². The van der Waals surface area contributed by atoms with Crippen LogP contribution in [0.4, 0.5) is 0 Å². The van der Waals surface area contributed by atoms with E-state index in [2.05, 4.69) is 20.9 Å². The smallest absolute Gasteiger partial charge is 0.0931 e. The van der Waals surface area contributed by atoms with Crippen molar-refractivity contribution in [2.24, 2.45) is 0 Å². The molecule has 1 rings (SSSR count). The van der Waals surface area contributed by atoms with Crippen molar-refractivity contribution >= 4 is 15.9 Å². The van der Waals surface area contributed by atoms with Crippen molar-refractivity contribution < 1.29 is 5.11 Å². The maximum absolute atomic E-state index is 9.04. The first-order valence-electron chi connectivity index (χ1n) is 2.99. The maximum atomic E-state index is 9.04. The third-order valence-electron chi connectivity index (χ3n) is 1.18. The molecule has 1 aromatic heterocycles. The highest BCUT2D eigenvalue weighted by Crippen LogP contribution is 2.12. The van der Waals surface area contributed by atoms with E-state index in [-0.39, 0.29) is 0 Å². The van der Waals surface area contributed by atoms with Gasteiger partial charge in [0, 0.05) is 10.7 Å². The van der Waals surface area contributed by atoms with Crippen molar-refractivity contribution in [2.45, 2.75) is 13.0 Å². The molecule has 1 aromatic rings. The van der Waals surface area contributed by atoms with Gasteiger partial charge < -0.3 is 5.11 Å². The zero-order valence-corrected chi connectivity index (χ0v) is 7.17. The first-order chi connectivity index (χ1) is 4.70. The topological polar surface area (TPSA) is 33.1 Å². The van der Waals surface area contributed by atoms with Crippen molar-refractivity contribution in [2.75, 3.05) is 0 Å². The molecule has 1 N–H and O–H groups in total. The molecule has 1 atom stereocenters. The third-order valence-corrected chi connectivity index (χ3v) is 1.65. The Morgan fingerprint density at radius 1 is 1.60 bits per heavy atom. The predicted molar refractivity (Wildman–Crippen MR) is 42.6 cm³/mol. The summed E-state index contributed by atoms with van der Waals surface area (Å²) in [5.74, 6) is 0. The highest BCUT2D eigenvalue weighted by atomic mass is 79.9. The standard InChI is InChI=1S/C7H8BrNO/c1-5(10)7-3-2-6(8)4-9-7/h2-5,10H,1H3/t5-/m1/s1. The molecule has 0 saturated carbocycles. The summed E-state index contributed by atoms with van der Waals surface area (Å²) in [6.45, 7) is 1.69. The summed E-state index contributed by atoms with van der Waals surface area (Å²) in [6, 6.07) is 3.64. The van der Waals surface area contributed by atoms with Crippen molar-refractivity contribution in [3.05, 3.63) is 28.5 Å². The molecule has 1 heterocycles. The molecular weight excluding hydrogens is 194 g/mol. The molecule has 54 valence electrons. The Morgan fingerprint density at radius 2 is 2.30 bits per heavy atom. The van der Waals surface area contributed by atoms with Crippen molar-refractivity contribution in [3.8, 4) is 0 Å². The predicted octanol–water partition coefficient (Wildman–Crippen LogP) is 1.90. The van der Waals surface area contributed by atoms with Crippen LogP contribution in [-0.2, 0) is 0 Å². The van der Waals surface area contributed by atoms with Crippen LogP contribution in [0.2, 0.25) is 0 Å². The molecule has 2 nitrogen and oxygen atoms in total. The first kappa shape index (κ1) is 7.69. The van der Waals surface area contributed by atoms with E-state index < -0.39 is 6.10 Å². The molecule has 0 aliphatic rings. The van der Waals surface area contributed by atoms with Crippen LogP contribution >= 0.6 is 15.9 Å². The van der Waals surface area contributed by atoms with Gasteiger partial charge in [0.15, 0.2) is 0 Å². The minimum atomic E-state index is -0.479. The second-order valence-electron chi connectivity index (χ2n) is 2.08. The fourth-order valence-electron chi connectivity index (χ4n) is 0.634. The van der Waals surface area contributed by atoms with E-state index in [9.17, 15) is 0 Å². The van der Waals surface area contributed by atoms with E-state index in [4.69, 9.17) is 5.11 Å². The lowest BCUT2D eigenvalue weighted by atomic mass is 10.2. The Kier molecular flexibility index (Phi) is 2.40. The van der Waals surface area contributed by atoms with E-state index in [1.165, 1.54) is 0 Å². The fraction of sp³-hybridized carbons (Fsp3) is 0.286. The lowest BCUT2D eigenvalue weighted by molar-refractivity contribution is 0.194. The molecule has 0 amide bonds. The van der Waals surface area contributed by atoms with Crippen LogP contribution in [0.3, 0.4) is 0 Å². The number of pyridine rings is 1. The Labute approximate surface area is 68.0 Å². The second-order valence-corrected chi connectivity index (χ2v) is 2.99. The molecule has 0 fully saturated rings. The number of hydrogen-bond acceptors (Lipinski definition) is 2. The van der Waals surface area contributed by atoms with Gasteiger partial charge in [-0.1, -0.05) is 0 Å². The van der Waals surface area contributed by atoms with Gasteiger partial charge in [0.05, 0.1) is 11.8 Å². The lowest BCUT2D eigenvalue weighted by Crippen LogP contribution is -1.93. The molecular formula is C7H8BrNO. The summed E-state index contributed by atoms with van der Waals surface area (Å²) < 4.78 is 0.928. The third kappa shape index (κ3) is 1.78. The van der Waals surface area contributed by atoms with E-state index in [0.717, 1.165) is 4.47 Å². The van der Waals surface area contributed by atoms with Crippen LogP contribution < -0.4 is 0 Å². The van der Waals surface area contributed by atoms with E-state index in [1.54, 1.807) is 19.2 Å². The minimum Gasteiger partial charge on any atom is -0.387 e. The Balaban J connectivity index is 2.89. The second kappa shape index (κ2) is 3.12. The van der Waals surface area contributed by atoms with E-state index in [0.29, 0.717) is 5.69 Å². The van der Waals surface area contributed by atoms with Crippen LogP contribution in [0.5, 0.6) is 0 Å². The summed E-state index contributed by atoms with van der Waals surface area (Å²) >= 11 is 3.25. The summed E-state index contributed by atoms with van der Waals surface area (Å²) in [6.07, 6.45) is 1.19. The monoisotopic (exact) mass is 201 g/mol. The molecule has 10 heavy (non-hydrogen) atoms. The minimum absolute atomic E-state index is 0.479. The van der Waals surface area contributed by atoms with Gasteiger partial charge in [0.25, 0.3) is 0 Å². The Bertz CT molecular complexity index is 207. The summed E-state index contributed by atoms with van der Waals surface area (Å²) in [5.41, 5.74) is 0.697. The summed E-state index contributed by atoms with van der Waals surface area (Å²) in [5, 5.41) is 9.04. The molecule has 0 saturated heterocycles. The number of aliphatic hydroxyl groups is 1. The number of hydrogen-bond donors (Lipinski definition) is 1. The Morgan fingerprint density at radius 3 is 2.70 bits per heavy atom. The molecule has 0 aromatic carbocycles. The fourth-order valence-corrected chi connectivity index (χ4v) is 0.869. The largest absolute Gasteiger partial charge is 0.387 e. The summed E-state index contributed by atoms with van der Waals surface area (Å²) in [7, 11) is 0. The highest BCUT2D eigenvalue weighted by molar-refractivity contribution is 9.10. The van der Waals surface area contributed by atoms with Gasteiger partial charge in [-0.2, -0.15) is 0 Å². The average Bonchev–Trinajstić information content (AvgIpc) is 1.88. The van der Waals surface area contributed by atoms with Crippen LogP contribution in [0.25, 0.3) is 0 Å².